The van der Waals surface area contributed by atoms with Gasteiger partial charge >= 0.3 is 0 Å². The fraction of sp³-hybridized carbons (Fsp3) is 0.250. The number of terminal acetylenes is 1. The summed E-state index contributed by atoms with van der Waals surface area (Å²) >= 11 is 1.13. The lowest BCUT2D eigenvalue weighted by atomic mass is 9.87. The second kappa shape index (κ2) is 6.36. The zero-order chi connectivity index (χ0) is 16.3. The number of rotatable bonds is 4. The van der Waals surface area contributed by atoms with E-state index in [4.69, 9.17) is 15.9 Å². The summed E-state index contributed by atoms with van der Waals surface area (Å²) in [4.78, 5) is 16.4. The lowest BCUT2D eigenvalue weighted by Crippen LogP contribution is -2.35. The summed E-state index contributed by atoms with van der Waals surface area (Å²) in [5.41, 5.74) is -0.949. The Bertz CT molecular complexity index is 763. The second-order valence-corrected chi connectivity index (χ2v) is 6.02. The quantitative estimate of drug-likeness (QED) is 0.874. The van der Waals surface area contributed by atoms with Crippen molar-refractivity contribution in [3.63, 3.8) is 0 Å². The van der Waals surface area contributed by atoms with Crippen molar-refractivity contribution in [1.82, 2.24) is 4.98 Å². The van der Waals surface area contributed by atoms with E-state index in [9.17, 15) is 9.18 Å². The second-order valence-electron chi connectivity index (χ2n) is 5.03. The van der Waals surface area contributed by atoms with Crippen LogP contribution in [0.25, 0.3) is 0 Å². The van der Waals surface area contributed by atoms with Gasteiger partial charge in [0.15, 0.2) is 5.13 Å². The van der Waals surface area contributed by atoms with Gasteiger partial charge in [0.05, 0.1) is 12.8 Å². The lowest BCUT2D eigenvalue weighted by molar-refractivity contribution is -0.122. The Morgan fingerprint density at radius 1 is 1.57 bits per heavy atom. The van der Waals surface area contributed by atoms with E-state index in [0.717, 1.165) is 11.3 Å². The lowest BCUT2D eigenvalue weighted by Gasteiger charge is -2.18. The van der Waals surface area contributed by atoms with Crippen LogP contribution in [-0.4, -0.2) is 24.1 Å². The number of carbonyl (C=O) groups excluding carboxylic acids is 1. The minimum Gasteiger partial charge on any atom is -0.445 e. The highest BCUT2D eigenvalue weighted by molar-refractivity contribution is 7.17. The van der Waals surface area contributed by atoms with Crippen molar-refractivity contribution in [2.45, 2.75) is 6.42 Å². The van der Waals surface area contributed by atoms with Gasteiger partial charge in [-0.15, -0.1) is 6.42 Å². The van der Waals surface area contributed by atoms with E-state index in [-0.39, 0.29) is 12.5 Å². The molecule has 0 radical (unpaired) electrons. The molecular weight excluding hydrogens is 319 g/mol. The van der Waals surface area contributed by atoms with Gasteiger partial charge < -0.3 is 14.8 Å². The van der Waals surface area contributed by atoms with Crippen molar-refractivity contribution >= 4 is 22.4 Å². The molecule has 0 bridgehead atoms. The highest BCUT2D eigenvalue weighted by atomic mass is 32.1. The number of amides is 1. The third kappa shape index (κ3) is 3.33. The summed E-state index contributed by atoms with van der Waals surface area (Å²) in [6, 6.07) is 5.77. The molecule has 118 valence electrons. The number of aromatic nitrogens is 1. The van der Waals surface area contributed by atoms with Crippen LogP contribution >= 0.6 is 11.3 Å². The maximum absolute atomic E-state index is 13.1. The van der Waals surface area contributed by atoms with Crippen LogP contribution in [0.4, 0.5) is 9.52 Å². The Morgan fingerprint density at radius 3 is 3.13 bits per heavy atom. The molecule has 0 aliphatic carbocycles. The molecule has 1 fully saturated rings. The number of benzene rings is 1. The van der Waals surface area contributed by atoms with Gasteiger partial charge in [0.25, 0.3) is 0 Å². The van der Waals surface area contributed by atoms with Crippen molar-refractivity contribution in [1.29, 1.82) is 0 Å². The largest absolute Gasteiger partial charge is 0.445 e. The minimum absolute atomic E-state index is 0.202. The monoisotopic (exact) mass is 332 g/mol. The highest BCUT2D eigenvalue weighted by Gasteiger charge is 2.41. The number of hydrogen-bond acceptors (Lipinski definition) is 5. The van der Waals surface area contributed by atoms with Crippen LogP contribution in [0.2, 0.25) is 0 Å². The minimum atomic E-state index is -0.949. The normalized spacial score (nSPS) is 20.0. The molecule has 1 atom stereocenters. The molecule has 2 heterocycles. The van der Waals surface area contributed by atoms with Gasteiger partial charge in [0.1, 0.15) is 17.0 Å². The summed E-state index contributed by atoms with van der Waals surface area (Å²) in [7, 11) is 0. The van der Waals surface area contributed by atoms with E-state index in [0.29, 0.717) is 29.0 Å². The first-order valence-electron chi connectivity index (χ1n) is 6.87. The van der Waals surface area contributed by atoms with Crippen molar-refractivity contribution in [3.8, 4) is 23.2 Å². The maximum atomic E-state index is 13.1. The molecule has 1 amide bonds. The summed E-state index contributed by atoms with van der Waals surface area (Å²) in [5.74, 6) is 2.17. The van der Waals surface area contributed by atoms with Crippen molar-refractivity contribution in [3.05, 3.63) is 36.3 Å². The molecule has 23 heavy (non-hydrogen) atoms. The first-order valence-corrected chi connectivity index (χ1v) is 7.69. The average molecular weight is 332 g/mol. The number of nitrogens with one attached hydrogen (secondary N) is 1. The molecule has 1 saturated heterocycles. The molecule has 1 aromatic carbocycles. The van der Waals surface area contributed by atoms with E-state index in [1.807, 2.05) is 0 Å². The maximum Gasteiger partial charge on any atom is 0.246 e. The number of anilines is 1. The van der Waals surface area contributed by atoms with Gasteiger partial charge in [-0.05, 0) is 18.6 Å². The van der Waals surface area contributed by atoms with Gasteiger partial charge in [-0.1, -0.05) is 23.3 Å². The smallest absolute Gasteiger partial charge is 0.246 e. The molecule has 1 N–H and O–H groups in total. The highest BCUT2D eigenvalue weighted by Crippen LogP contribution is 2.33. The molecule has 1 aliphatic rings. The molecule has 1 aliphatic heterocycles. The van der Waals surface area contributed by atoms with Gasteiger partial charge in [-0.2, -0.15) is 0 Å². The van der Waals surface area contributed by atoms with Crippen molar-refractivity contribution in [2.75, 3.05) is 18.5 Å². The number of nitrogens with zero attached hydrogens (tertiary/aromatic N) is 1. The zero-order valence-corrected chi connectivity index (χ0v) is 12.9. The Morgan fingerprint density at radius 2 is 2.43 bits per heavy atom. The van der Waals surface area contributed by atoms with Crippen LogP contribution in [0.15, 0.2) is 30.5 Å². The average Bonchev–Trinajstić information content (AvgIpc) is 3.17. The standard InChI is InChI=1S/C16H13FN2O3S/c1-2-16(6-7-21-10-16)14(20)19-15-18-9-13(23-15)22-12-5-3-4-11(17)8-12/h1,3-5,8-9H,6-7,10H2,(H,18,19,20)/t16-/m0/s1. The molecule has 7 heteroatoms. The van der Waals surface area contributed by atoms with Crippen LogP contribution in [0.3, 0.4) is 0 Å². The van der Waals surface area contributed by atoms with Crippen molar-refractivity contribution in [2.24, 2.45) is 5.41 Å². The fourth-order valence-electron chi connectivity index (χ4n) is 2.15. The number of thiazole rings is 1. The van der Waals surface area contributed by atoms with E-state index < -0.39 is 11.2 Å². The Balaban J connectivity index is 1.68. The van der Waals surface area contributed by atoms with E-state index in [2.05, 4.69) is 16.2 Å². The van der Waals surface area contributed by atoms with E-state index in [1.165, 1.54) is 18.3 Å². The first-order chi connectivity index (χ1) is 11.1. The van der Waals surface area contributed by atoms with Crippen LogP contribution in [-0.2, 0) is 9.53 Å². The summed E-state index contributed by atoms with van der Waals surface area (Å²) in [6.45, 7) is 0.663. The number of ether oxygens (including phenoxy) is 2. The van der Waals surface area contributed by atoms with Crippen molar-refractivity contribution < 1.29 is 18.7 Å². The Hall–Kier alpha value is -2.43. The van der Waals surface area contributed by atoms with E-state index in [1.54, 1.807) is 12.1 Å². The van der Waals surface area contributed by atoms with Crippen LogP contribution in [0.1, 0.15) is 6.42 Å². The molecular formula is C16H13FN2O3S. The summed E-state index contributed by atoms with van der Waals surface area (Å²) in [6.07, 6.45) is 7.41. The molecule has 3 rings (SSSR count). The Kier molecular flexibility index (Phi) is 4.28. The topological polar surface area (TPSA) is 60.5 Å². The van der Waals surface area contributed by atoms with Gasteiger partial charge in [-0.3, -0.25) is 4.79 Å². The molecule has 0 spiro atoms. The molecule has 0 unspecified atom stereocenters. The number of carbonyl (C=O) groups is 1. The third-order valence-electron chi connectivity index (χ3n) is 3.45. The van der Waals surface area contributed by atoms with E-state index >= 15 is 0 Å². The fourth-order valence-corrected chi connectivity index (χ4v) is 2.83. The van der Waals surface area contributed by atoms with Crippen LogP contribution in [0.5, 0.6) is 10.8 Å². The van der Waals surface area contributed by atoms with Crippen LogP contribution < -0.4 is 10.1 Å². The summed E-state index contributed by atoms with van der Waals surface area (Å²) < 4.78 is 23.8. The first kappa shape index (κ1) is 15.5. The van der Waals surface area contributed by atoms with Gasteiger partial charge in [0.2, 0.25) is 11.0 Å². The Labute approximate surface area is 136 Å². The predicted molar refractivity (Wildman–Crippen MR) is 83.9 cm³/mol. The molecule has 2 aromatic rings. The zero-order valence-electron chi connectivity index (χ0n) is 12.0. The SMILES string of the molecule is C#C[C@]1(C(=O)Nc2ncc(Oc3cccc(F)c3)s2)CCOC1. The van der Waals surface area contributed by atoms with Gasteiger partial charge in [-0.25, -0.2) is 9.37 Å². The summed E-state index contributed by atoms with van der Waals surface area (Å²) in [5, 5.41) is 3.48. The number of hydrogen-bond donors (Lipinski definition) is 1. The van der Waals surface area contributed by atoms with Gasteiger partial charge in [0, 0.05) is 12.7 Å². The molecule has 1 aromatic heterocycles. The van der Waals surface area contributed by atoms with Crippen LogP contribution in [0, 0.1) is 23.6 Å². The molecule has 5 nitrogen and oxygen atoms in total. The third-order valence-corrected chi connectivity index (χ3v) is 4.24. The molecule has 0 saturated carbocycles. The predicted octanol–water partition coefficient (Wildman–Crippen LogP) is 3.05. The number of halogens is 1.